The number of carbonyl (C=O) groups is 2. The number of nitrogens with one attached hydrogen (secondary N) is 2. The summed E-state index contributed by atoms with van der Waals surface area (Å²) >= 11 is 3.39. The number of anilines is 1. The van der Waals surface area contributed by atoms with Crippen LogP contribution in [0.1, 0.15) is 33.1 Å². The number of halogens is 1. The molecule has 0 atom stereocenters. The first-order valence-corrected chi connectivity index (χ1v) is 7.79. The second-order valence-corrected chi connectivity index (χ2v) is 5.48. The summed E-state index contributed by atoms with van der Waals surface area (Å²) in [6, 6.07) is 5.35. The van der Waals surface area contributed by atoms with Crippen LogP contribution in [-0.4, -0.2) is 25.0 Å². The fraction of sp³-hybridized carbons (Fsp3) is 0.467. The van der Waals surface area contributed by atoms with Crippen LogP contribution in [-0.2, 0) is 9.59 Å². The Balaban J connectivity index is 2.40. The molecular formula is C15H21BrN2O3. The first kappa shape index (κ1) is 17.5. The number of benzene rings is 1. The van der Waals surface area contributed by atoms with Gasteiger partial charge in [0.2, 0.25) is 11.8 Å². The third-order valence-electron chi connectivity index (χ3n) is 2.63. The van der Waals surface area contributed by atoms with E-state index in [2.05, 4.69) is 26.6 Å². The van der Waals surface area contributed by atoms with Crippen molar-refractivity contribution in [3.8, 4) is 5.75 Å². The van der Waals surface area contributed by atoms with Crippen molar-refractivity contribution < 1.29 is 14.3 Å². The summed E-state index contributed by atoms with van der Waals surface area (Å²) in [7, 11) is 0. The third-order valence-corrected chi connectivity index (χ3v) is 3.28. The standard InChI is InChI=1S/C15H21BrN2O3/c1-3-8-17-15(20)5-4-9-21-14-10-12(18-11(2)19)6-7-13(14)16/h6-7,10H,3-5,8-9H2,1-2H3,(H,17,20)(H,18,19). The van der Waals surface area contributed by atoms with Gasteiger partial charge in [-0.1, -0.05) is 6.92 Å². The van der Waals surface area contributed by atoms with Gasteiger partial charge < -0.3 is 15.4 Å². The molecule has 0 fully saturated rings. The number of carbonyl (C=O) groups excluding carboxylic acids is 2. The molecule has 0 aliphatic rings. The normalized spacial score (nSPS) is 10.0. The van der Waals surface area contributed by atoms with Gasteiger partial charge in [0, 0.05) is 31.6 Å². The zero-order valence-corrected chi connectivity index (χ0v) is 14.0. The first-order chi connectivity index (χ1) is 10.0. The molecule has 0 unspecified atom stereocenters. The summed E-state index contributed by atoms with van der Waals surface area (Å²) in [6.07, 6.45) is 2.03. The van der Waals surface area contributed by atoms with Gasteiger partial charge in [-0.15, -0.1) is 0 Å². The molecule has 2 amide bonds. The van der Waals surface area contributed by atoms with Crippen molar-refractivity contribution in [3.05, 3.63) is 22.7 Å². The van der Waals surface area contributed by atoms with Crippen molar-refractivity contribution in [2.45, 2.75) is 33.1 Å². The van der Waals surface area contributed by atoms with E-state index in [4.69, 9.17) is 4.74 Å². The van der Waals surface area contributed by atoms with E-state index in [1.165, 1.54) is 6.92 Å². The largest absolute Gasteiger partial charge is 0.492 e. The highest BCUT2D eigenvalue weighted by atomic mass is 79.9. The number of ether oxygens (including phenoxy) is 1. The van der Waals surface area contributed by atoms with Gasteiger partial charge in [0.25, 0.3) is 0 Å². The zero-order chi connectivity index (χ0) is 15.7. The van der Waals surface area contributed by atoms with E-state index < -0.39 is 0 Å². The van der Waals surface area contributed by atoms with Crippen molar-refractivity contribution in [2.75, 3.05) is 18.5 Å². The quantitative estimate of drug-likeness (QED) is 0.703. The number of rotatable bonds is 8. The molecule has 6 heteroatoms. The Morgan fingerprint density at radius 2 is 2.10 bits per heavy atom. The Morgan fingerprint density at radius 3 is 2.76 bits per heavy atom. The highest BCUT2D eigenvalue weighted by Gasteiger charge is 2.05. The summed E-state index contributed by atoms with van der Waals surface area (Å²) in [5.41, 5.74) is 0.682. The van der Waals surface area contributed by atoms with Crippen LogP contribution in [0, 0.1) is 0 Å². The van der Waals surface area contributed by atoms with E-state index in [0.717, 1.165) is 10.9 Å². The topological polar surface area (TPSA) is 67.4 Å². The SMILES string of the molecule is CCCNC(=O)CCCOc1cc(NC(C)=O)ccc1Br. The molecule has 0 saturated heterocycles. The van der Waals surface area contributed by atoms with Crippen LogP contribution in [0.25, 0.3) is 0 Å². The molecule has 116 valence electrons. The molecule has 0 radical (unpaired) electrons. The minimum Gasteiger partial charge on any atom is -0.492 e. The smallest absolute Gasteiger partial charge is 0.221 e. The van der Waals surface area contributed by atoms with Gasteiger partial charge in [0.05, 0.1) is 11.1 Å². The zero-order valence-electron chi connectivity index (χ0n) is 12.4. The van der Waals surface area contributed by atoms with Gasteiger partial charge in [0.15, 0.2) is 0 Å². The van der Waals surface area contributed by atoms with E-state index in [-0.39, 0.29) is 11.8 Å². The summed E-state index contributed by atoms with van der Waals surface area (Å²) in [6.45, 7) is 4.63. The molecule has 2 N–H and O–H groups in total. The summed E-state index contributed by atoms with van der Waals surface area (Å²) < 4.78 is 6.45. The molecule has 0 bridgehead atoms. The lowest BCUT2D eigenvalue weighted by Crippen LogP contribution is -2.24. The van der Waals surface area contributed by atoms with Crippen LogP contribution < -0.4 is 15.4 Å². The minimum absolute atomic E-state index is 0.0477. The first-order valence-electron chi connectivity index (χ1n) is 6.99. The van der Waals surface area contributed by atoms with E-state index >= 15 is 0 Å². The van der Waals surface area contributed by atoms with E-state index in [0.29, 0.717) is 37.4 Å². The van der Waals surface area contributed by atoms with Crippen molar-refractivity contribution >= 4 is 33.4 Å². The summed E-state index contributed by atoms with van der Waals surface area (Å²) in [5, 5.41) is 5.52. The molecule has 21 heavy (non-hydrogen) atoms. The average molecular weight is 357 g/mol. The molecular weight excluding hydrogens is 336 g/mol. The molecule has 0 aromatic heterocycles. The lowest BCUT2D eigenvalue weighted by Gasteiger charge is -2.10. The lowest BCUT2D eigenvalue weighted by atomic mass is 10.3. The average Bonchev–Trinajstić information content (AvgIpc) is 2.43. The number of amides is 2. The number of hydrogen-bond donors (Lipinski definition) is 2. The van der Waals surface area contributed by atoms with Gasteiger partial charge in [-0.25, -0.2) is 0 Å². The van der Waals surface area contributed by atoms with Gasteiger partial charge in [-0.3, -0.25) is 9.59 Å². The monoisotopic (exact) mass is 356 g/mol. The van der Waals surface area contributed by atoms with Crippen LogP contribution in [0.3, 0.4) is 0 Å². The Kier molecular flexibility index (Phi) is 7.82. The molecule has 0 heterocycles. The van der Waals surface area contributed by atoms with Crippen LogP contribution >= 0.6 is 15.9 Å². The maximum absolute atomic E-state index is 11.4. The van der Waals surface area contributed by atoms with Crippen LogP contribution in [0.4, 0.5) is 5.69 Å². The molecule has 1 rings (SSSR count). The second kappa shape index (κ2) is 9.39. The van der Waals surface area contributed by atoms with Crippen molar-refractivity contribution in [1.29, 1.82) is 0 Å². The second-order valence-electron chi connectivity index (χ2n) is 4.63. The van der Waals surface area contributed by atoms with Gasteiger partial charge >= 0.3 is 0 Å². The number of hydrogen-bond acceptors (Lipinski definition) is 3. The molecule has 1 aromatic carbocycles. The van der Waals surface area contributed by atoms with E-state index in [1.807, 2.05) is 13.0 Å². The van der Waals surface area contributed by atoms with Gasteiger partial charge in [-0.2, -0.15) is 0 Å². The van der Waals surface area contributed by atoms with Crippen LogP contribution in [0.5, 0.6) is 5.75 Å². The molecule has 0 spiro atoms. The Labute approximate surface area is 133 Å². The molecule has 0 aliphatic carbocycles. The van der Waals surface area contributed by atoms with Crippen molar-refractivity contribution in [2.24, 2.45) is 0 Å². The van der Waals surface area contributed by atoms with E-state index in [1.54, 1.807) is 12.1 Å². The molecule has 1 aromatic rings. The Bertz CT molecular complexity index is 492. The molecule has 0 aliphatic heterocycles. The van der Waals surface area contributed by atoms with E-state index in [9.17, 15) is 9.59 Å². The van der Waals surface area contributed by atoms with Gasteiger partial charge in [0.1, 0.15) is 5.75 Å². The predicted octanol–water partition coefficient (Wildman–Crippen LogP) is 3.09. The predicted molar refractivity (Wildman–Crippen MR) is 86.5 cm³/mol. The van der Waals surface area contributed by atoms with Gasteiger partial charge in [-0.05, 0) is 40.9 Å². The van der Waals surface area contributed by atoms with Crippen molar-refractivity contribution in [1.82, 2.24) is 5.32 Å². The Hall–Kier alpha value is -1.56. The highest BCUT2D eigenvalue weighted by Crippen LogP contribution is 2.28. The molecule has 0 saturated carbocycles. The lowest BCUT2D eigenvalue weighted by molar-refractivity contribution is -0.121. The third kappa shape index (κ3) is 7.13. The Morgan fingerprint density at radius 1 is 1.33 bits per heavy atom. The summed E-state index contributed by atoms with van der Waals surface area (Å²) in [5.74, 6) is 0.567. The van der Waals surface area contributed by atoms with Crippen LogP contribution in [0.15, 0.2) is 22.7 Å². The molecule has 5 nitrogen and oxygen atoms in total. The maximum atomic E-state index is 11.4. The minimum atomic E-state index is -0.129. The summed E-state index contributed by atoms with van der Waals surface area (Å²) in [4.78, 5) is 22.5. The van der Waals surface area contributed by atoms with Crippen LogP contribution in [0.2, 0.25) is 0 Å². The van der Waals surface area contributed by atoms with Crippen molar-refractivity contribution in [3.63, 3.8) is 0 Å². The highest BCUT2D eigenvalue weighted by molar-refractivity contribution is 9.10. The fourth-order valence-corrected chi connectivity index (χ4v) is 2.02. The fourth-order valence-electron chi connectivity index (χ4n) is 1.66. The maximum Gasteiger partial charge on any atom is 0.221 e.